The summed E-state index contributed by atoms with van der Waals surface area (Å²) in [5.74, 6) is -1.32. The minimum atomic E-state index is -1.30. The molecule has 2 aliphatic rings. The first kappa shape index (κ1) is 17.8. The van der Waals surface area contributed by atoms with Crippen molar-refractivity contribution in [2.75, 3.05) is 49.2 Å². The van der Waals surface area contributed by atoms with Gasteiger partial charge in [-0.1, -0.05) is 6.92 Å². The fraction of sp³-hybridized carbons (Fsp3) is 0.474. The Labute approximate surface area is 156 Å². The topological polar surface area (TPSA) is 77.6 Å². The van der Waals surface area contributed by atoms with Gasteiger partial charge in [-0.25, -0.2) is 9.18 Å². The number of hydrogen-bond acceptors (Lipinski definition) is 5. The summed E-state index contributed by atoms with van der Waals surface area (Å²) in [6.45, 7) is 6.96. The maximum atomic E-state index is 14.8. The zero-order valence-electron chi connectivity index (χ0n) is 15.2. The second-order valence-corrected chi connectivity index (χ2v) is 7.20. The molecule has 8 heteroatoms. The van der Waals surface area contributed by atoms with Crippen molar-refractivity contribution in [2.24, 2.45) is 5.92 Å². The van der Waals surface area contributed by atoms with Crippen molar-refractivity contribution in [2.45, 2.75) is 13.3 Å². The maximum Gasteiger partial charge on any atom is 0.341 e. The van der Waals surface area contributed by atoms with Gasteiger partial charge in [0, 0.05) is 19.3 Å². The lowest BCUT2D eigenvalue weighted by atomic mass is 10.1. The van der Waals surface area contributed by atoms with Gasteiger partial charge in [0.15, 0.2) is 0 Å². The van der Waals surface area contributed by atoms with Crippen LogP contribution in [0, 0.1) is 11.7 Å². The molecule has 7 nitrogen and oxygen atoms in total. The van der Waals surface area contributed by atoms with Crippen molar-refractivity contribution in [1.29, 1.82) is 0 Å². The van der Waals surface area contributed by atoms with Crippen LogP contribution in [0.1, 0.15) is 23.7 Å². The highest BCUT2D eigenvalue weighted by atomic mass is 19.1. The molecule has 0 saturated carbocycles. The molecule has 2 fully saturated rings. The van der Waals surface area contributed by atoms with Crippen molar-refractivity contribution in [3.63, 3.8) is 0 Å². The molecule has 1 aromatic heterocycles. The minimum Gasteiger partial charge on any atom is -0.477 e. The van der Waals surface area contributed by atoms with E-state index >= 15 is 0 Å². The Morgan fingerprint density at radius 2 is 2.11 bits per heavy atom. The lowest BCUT2D eigenvalue weighted by Crippen LogP contribution is -2.27. The lowest BCUT2D eigenvalue weighted by molar-refractivity contribution is 0.0695. The number of rotatable bonds is 6. The molecule has 0 aliphatic carbocycles. The summed E-state index contributed by atoms with van der Waals surface area (Å²) in [6.07, 6.45) is 2.33. The molecule has 27 heavy (non-hydrogen) atoms. The SMILES string of the molecule is CCNCC1CCN(c2cc3c(cc2F)c(=O)c(C(=O)O)cn3N2CC2)C1. The zero-order valence-corrected chi connectivity index (χ0v) is 15.2. The molecule has 2 aromatic rings. The van der Waals surface area contributed by atoms with E-state index in [-0.39, 0.29) is 10.9 Å². The van der Waals surface area contributed by atoms with E-state index in [0.29, 0.717) is 17.1 Å². The first-order valence-corrected chi connectivity index (χ1v) is 9.32. The number of nitrogens with one attached hydrogen (secondary N) is 1. The van der Waals surface area contributed by atoms with Gasteiger partial charge in [-0.2, -0.15) is 0 Å². The van der Waals surface area contributed by atoms with E-state index < -0.39 is 17.2 Å². The van der Waals surface area contributed by atoms with Gasteiger partial charge in [0.2, 0.25) is 5.43 Å². The summed E-state index contributed by atoms with van der Waals surface area (Å²) in [5, 5.41) is 14.7. The third-order valence-corrected chi connectivity index (χ3v) is 5.32. The number of fused-ring (bicyclic) bond motifs is 1. The number of nitrogens with zero attached hydrogens (tertiary/aromatic N) is 3. The van der Waals surface area contributed by atoms with Gasteiger partial charge in [0.25, 0.3) is 0 Å². The number of carboxylic acids is 1. The van der Waals surface area contributed by atoms with Crippen LogP contribution in [0.5, 0.6) is 0 Å². The first-order chi connectivity index (χ1) is 13.0. The van der Waals surface area contributed by atoms with E-state index in [2.05, 4.69) is 12.2 Å². The second-order valence-electron chi connectivity index (χ2n) is 7.20. The van der Waals surface area contributed by atoms with Crippen LogP contribution >= 0.6 is 0 Å². The molecule has 0 spiro atoms. The molecule has 0 radical (unpaired) electrons. The van der Waals surface area contributed by atoms with Crippen molar-refractivity contribution in [3.8, 4) is 0 Å². The predicted molar refractivity (Wildman–Crippen MR) is 102 cm³/mol. The smallest absolute Gasteiger partial charge is 0.341 e. The largest absolute Gasteiger partial charge is 0.477 e. The van der Waals surface area contributed by atoms with E-state index in [9.17, 15) is 19.1 Å². The molecule has 144 valence electrons. The normalized spacial score (nSPS) is 19.1. The molecule has 2 N–H and O–H groups in total. The molecule has 0 amide bonds. The zero-order chi connectivity index (χ0) is 19.1. The first-order valence-electron chi connectivity index (χ1n) is 9.32. The number of aromatic nitrogens is 1. The van der Waals surface area contributed by atoms with Crippen LogP contribution in [0.25, 0.3) is 10.9 Å². The quantitative estimate of drug-likeness (QED) is 0.741. The number of anilines is 1. The van der Waals surface area contributed by atoms with Crippen LogP contribution in [0.4, 0.5) is 10.1 Å². The van der Waals surface area contributed by atoms with Crippen molar-refractivity contribution < 1.29 is 14.3 Å². The molecular weight excluding hydrogens is 351 g/mol. The lowest BCUT2D eigenvalue weighted by Gasteiger charge is -2.22. The van der Waals surface area contributed by atoms with Gasteiger partial charge >= 0.3 is 5.97 Å². The Morgan fingerprint density at radius 1 is 1.33 bits per heavy atom. The highest BCUT2D eigenvalue weighted by Crippen LogP contribution is 2.30. The van der Waals surface area contributed by atoms with Crippen LogP contribution in [-0.4, -0.2) is 55.0 Å². The molecule has 2 saturated heterocycles. The summed E-state index contributed by atoms with van der Waals surface area (Å²) < 4.78 is 16.5. The Hall–Kier alpha value is -2.61. The maximum absolute atomic E-state index is 14.8. The number of pyridine rings is 1. The highest BCUT2D eigenvalue weighted by Gasteiger charge is 2.27. The number of halogens is 1. The Morgan fingerprint density at radius 3 is 2.78 bits per heavy atom. The molecule has 2 aliphatic heterocycles. The van der Waals surface area contributed by atoms with Crippen molar-refractivity contribution in [3.05, 3.63) is 39.9 Å². The molecule has 1 aromatic carbocycles. The predicted octanol–water partition coefficient (Wildman–Crippen LogP) is 1.23. The fourth-order valence-corrected chi connectivity index (χ4v) is 3.77. The monoisotopic (exact) mass is 374 g/mol. The van der Waals surface area contributed by atoms with Crippen LogP contribution in [0.3, 0.4) is 0 Å². The van der Waals surface area contributed by atoms with Crippen LogP contribution in [-0.2, 0) is 0 Å². The van der Waals surface area contributed by atoms with E-state index in [1.807, 2.05) is 9.91 Å². The summed E-state index contributed by atoms with van der Waals surface area (Å²) in [7, 11) is 0. The van der Waals surface area contributed by atoms with Crippen LogP contribution < -0.4 is 20.7 Å². The number of carboxylic acid groups (broad SMARTS) is 1. The average molecular weight is 374 g/mol. The number of carbonyl (C=O) groups is 1. The summed E-state index contributed by atoms with van der Waals surface area (Å²) in [6, 6.07) is 2.88. The van der Waals surface area contributed by atoms with Crippen molar-refractivity contribution >= 4 is 22.6 Å². The molecule has 0 bridgehead atoms. The second kappa shape index (κ2) is 6.84. The van der Waals surface area contributed by atoms with E-state index in [0.717, 1.165) is 45.7 Å². The van der Waals surface area contributed by atoms with Gasteiger partial charge in [0.05, 0.1) is 29.7 Å². The third-order valence-electron chi connectivity index (χ3n) is 5.32. The number of hydrogen-bond donors (Lipinski definition) is 2. The Balaban J connectivity index is 1.77. The number of benzene rings is 1. The van der Waals surface area contributed by atoms with Crippen LogP contribution in [0.2, 0.25) is 0 Å². The minimum absolute atomic E-state index is 0.103. The summed E-state index contributed by atoms with van der Waals surface area (Å²) >= 11 is 0. The molecule has 3 heterocycles. The van der Waals surface area contributed by atoms with E-state index in [1.165, 1.54) is 12.3 Å². The van der Waals surface area contributed by atoms with Gasteiger partial charge < -0.3 is 20.3 Å². The highest BCUT2D eigenvalue weighted by molar-refractivity contribution is 5.93. The third kappa shape index (κ3) is 3.25. The Kier molecular flexibility index (Phi) is 4.51. The fourth-order valence-electron chi connectivity index (χ4n) is 3.77. The molecule has 1 unspecified atom stereocenters. The van der Waals surface area contributed by atoms with E-state index in [4.69, 9.17) is 0 Å². The van der Waals surface area contributed by atoms with E-state index in [1.54, 1.807) is 10.7 Å². The van der Waals surface area contributed by atoms with Gasteiger partial charge in [0.1, 0.15) is 11.4 Å². The molecule has 4 rings (SSSR count). The summed E-state index contributed by atoms with van der Waals surface area (Å²) in [5.41, 5.74) is 0.0366. The number of aromatic carboxylic acids is 1. The van der Waals surface area contributed by atoms with Gasteiger partial charge in [-0.3, -0.25) is 9.47 Å². The van der Waals surface area contributed by atoms with Gasteiger partial charge in [-0.05, 0) is 37.6 Å². The van der Waals surface area contributed by atoms with Crippen molar-refractivity contribution in [1.82, 2.24) is 9.99 Å². The van der Waals surface area contributed by atoms with Gasteiger partial charge in [-0.15, -0.1) is 0 Å². The van der Waals surface area contributed by atoms with Crippen LogP contribution in [0.15, 0.2) is 23.1 Å². The molecular formula is C19H23FN4O3. The molecule has 1 atom stereocenters. The average Bonchev–Trinajstić information content (AvgIpc) is 3.38. The standard InChI is InChI=1S/C19H23FN4O3/c1-2-21-9-12-3-4-22(10-12)17-8-16-13(7-15(17)20)18(25)14(19(26)27)11-24(16)23-5-6-23/h7-8,11-12,21H,2-6,9-10H2,1H3,(H,26,27). The Bertz CT molecular complexity index is 954. The summed E-state index contributed by atoms with van der Waals surface area (Å²) in [4.78, 5) is 25.9.